The van der Waals surface area contributed by atoms with E-state index in [9.17, 15) is 10.1 Å². The summed E-state index contributed by atoms with van der Waals surface area (Å²) in [7, 11) is 0. The van der Waals surface area contributed by atoms with E-state index < -0.39 is 5.41 Å². The van der Waals surface area contributed by atoms with Crippen molar-refractivity contribution >= 4 is 5.91 Å². The molecule has 0 atom stereocenters. The van der Waals surface area contributed by atoms with Crippen LogP contribution in [-0.4, -0.2) is 17.4 Å². The summed E-state index contributed by atoms with van der Waals surface area (Å²) in [6.45, 7) is 3.00. The van der Waals surface area contributed by atoms with Gasteiger partial charge in [-0.05, 0) is 31.9 Å². The molecule has 1 saturated carbocycles. The van der Waals surface area contributed by atoms with E-state index >= 15 is 0 Å². The zero-order chi connectivity index (χ0) is 14.4. The van der Waals surface area contributed by atoms with Gasteiger partial charge in [0.2, 0.25) is 5.91 Å². The molecule has 2 rings (SSSR count). The molecule has 1 aliphatic rings. The van der Waals surface area contributed by atoms with Crippen LogP contribution in [0.2, 0.25) is 0 Å². The van der Waals surface area contributed by atoms with E-state index in [1.165, 1.54) is 0 Å². The van der Waals surface area contributed by atoms with Gasteiger partial charge in [0, 0.05) is 6.54 Å². The van der Waals surface area contributed by atoms with Crippen LogP contribution in [0.5, 0.6) is 0 Å². The number of rotatable bonds is 4. The maximum atomic E-state index is 12.8. The van der Waals surface area contributed by atoms with Crippen molar-refractivity contribution in [3.8, 4) is 6.07 Å². The largest absolute Gasteiger partial charge is 0.467 e. The first-order valence-corrected chi connectivity index (χ1v) is 7.45. The Balaban J connectivity index is 2.15. The van der Waals surface area contributed by atoms with Gasteiger partial charge >= 0.3 is 0 Å². The third-order valence-corrected chi connectivity index (χ3v) is 4.18. The summed E-state index contributed by atoms with van der Waals surface area (Å²) in [5.74, 6) is 0.739. The lowest BCUT2D eigenvalue weighted by molar-refractivity contribution is -0.140. The number of carbonyl (C=O) groups excluding carboxylic acids is 1. The second-order valence-corrected chi connectivity index (χ2v) is 5.51. The van der Waals surface area contributed by atoms with Gasteiger partial charge in [-0.1, -0.05) is 25.7 Å². The minimum atomic E-state index is -0.820. The Hall–Kier alpha value is -1.76. The second-order valence-electron chi connectivity index (χ2n) is 5.51. The van der Waals surface area contributed by atoms with Crippen molar-refractivity contribution in [3.63, 3.8) is 0 Å². The predicted molar refractivity (Wildman–Crippen MR) is 75.5 cm³/mol. The first-order valence-electron chi connectivity index (χ1n) is 7.45. The normalized spacial score (nSPS) is 18.0. The molecule has 0 unspecified atom stereocenters. The molecule has 0 radical (unpaired) electrons. The molecule has 4 heteroatoms. The van der Waals surface area contributed by atoms with Gasteiger partial charge in [-0.3, -0.25) is 4.79 Å². The average molecular weight is 274 g/mol. The van der Waals surface area contributed by atoms with Crippen LogP contribution >= 0.6 is 0 Å². The maximum absolute atomic E-state index is 12.8. The van der Waals surface area contributed by atoms with Crippen LogP contribution in [0.25, 0.3) is 0 Å². The highest BCUT2D eigenvalue weighted by Crippen LogP contribution is 2.36. The fourth-order valence-corrected chi connectivity index (χ4v) is 2.93. The molecule has 1 aromatic rings. The molecule has 4 nitrogen and oxygen atoms in total. The summed E-state index contributed by atoms with van der Waals surface area (Å²) < 4.78 is 5.32. The molecule has 0 aliphatic heterocycles. The summed E-state index contributed by atoms with van der Waals surface area (Å²) in [6.07, 6.45) is 7.19. The van der Waals surface area contributed by atoms with Gasteiger partial charge in [0.05, 0.1) is 18.9 Å². The molecule has 1 heterocycles. The molecular weight excluding hydrogens is 252 g/mol. The molecule has 108 valence electrons. The molecule has 1 fully saturated rings. The van der Waals surface area contributed by atoms with Gasteiger partial charge in [-0.25, -0.2) is 0 Å². The summed E-state index contributed by atoms with van der Waals surface area (Å²) in [5, 5.41) is 9.59. The predicted octanol–water partition coefficient (Wildman–Crippen LogP) is 3.49. The van der Waals surface area contributed by atoms with E-state index in [2.05, 4.69) is 6.07 Å². The molecule has 1 amide bonds. The summed E-state index contributed by atoms with van der Waals surface area (Å²) in [5.41, 5.74) is -0.820. The Kier molecular flexibility index (Phi) is 4.84. The molecule has 0 aromatic carbocycles. The lowest BCUT2D eigenvalue weighted by atomic mass is 9.80. The zero-order valence-corrected chi connectivity index (χ0v) is 12.1. The summed E-state index contributed by atoms with van der Waals surface area (Å²) >= 11 is 0. The number of nitriles is 1. The Bertz CT molecular complexity index is 465. The highest BCUT2D eigenvalue weighted by molar-refractivity contribution is 5.85. The fourth-order valence-electron chi connectivity index (χ4n) is 2.93. The first-order chi connectivity index (χ1) is 9.72. The van der Waals surface area contributed by atoms with Crippen molar-refractivity contribution in [3.05, 3.63) is 24.2 Å². The third-order valence-electron chi connectivity index (χ3n) is 4.18. The number of amides is 1. The van der Waals surface area contributed by atoms with Crippen LogP contribution in [0.1, 0.15) is 51.2 Å². The van der Waals surface area contributed by atoms with Gasteiger partial charge in [0.15, 0.2) is 0 Å². The van der Waals surface area contributed by atoms with E-state index in [-0.39, 0.29) is 5.91 Å². The lowest BCUT2D eigenvalue weighted by Crippen LogP contribution is -2.42. The van der Waals surface area contributed by atoms with Crippen LogP contribution in [0.3, 0.4) is 0 Å². The average Bonchev–Trinajstić information content (AvgIpc) is 2.86. The third kappa shape index (κ3) is 3.04. The molecule has 20 heavy (non-hydrogen) atoms. The van der Waals surface area contributed by atoms with Crippen LogP contribution in [0.15, 0.2) is 22.8 Å². The minimum Gasteiger partial charge on any atom is -0.467 e. The van der Waals surface area contributed by atoms with E-state index in [1.807, 2.05) is 19.1 Å². The minimum absolute atomic E-state index is 0.0270. The van der Waals surface area contributed by atoms with Gasteiger partial charge < -0.3 is 9.32 Å². The quantitative estimate of drug-likeness (QED) is 0.790. The smallest absolute Gasteiger partial charge is 0.243 e. The summed E-state index contributed by atoms with van der Waals surface area (Å²) in [6, 6.07) is 6.01. The SMILES string of the molecule is CCN(Cc1ccco1)C(=O)C1(C#N)CCCCCC1. The van der Waals surface area contributed by atoms with E-state index in [0.717, 1.165) is 31.4 Å². The van der Waals surface area contributed by atoms with E-state index in [1.54, 1.807) is 11.2 Å². The van der Waals surface area contributed by atoms with E-state index in [0.29, 0.717) is 25.9 Å². The Morgan fingerprint density at radius 1 is 1.40 bits per heavy atom. The van der Waals surface area contributed by atoms with Crippen molar-refractivity contribution < 1.29 is 9.21 Å². The number of hydrogen-bond donors (Lipinski definition) is 0. The van der Waals surface area contributed by atoms with Crippen LogP contribution in [0.4, 0.5) is 0 Å². The van der Waals surface area contributed by atoms with Crippen molar-refractivity contribution in [2.24, 2.45) is 5.41 Å². The number of carbonyl (C=O) groups is 1. The van der Waals surface area contributed by atoms with Gasteiger partial charge in [0.25, 0.3) is 0 Å². The zero-order valence-electron chi connectivity index (χ0n) is 12.1. The van der Waals surface area contributed by atoms with Crippen molar-refractivity contribution in [1.82, 2.24) is 4.90 Å². The Morgan fingerprint density at radius 3 is 2.60 bits per heavy atom. The van der Waals surface area contributed by atoms with Crippen LogP contribution in [-0.2, 0) is 11.3 Å². The Labute approximate surface area is 120 Å². The Morgan fingerprint density at radius 2 is 2.10 bits per heavy atom. The maximum Gasteiger partial charge on any atom is 0.243 e. The summed E-state index contributed by atoms with van der Waals surface area (Å²) in [4.78, 5) is 14.6. The van der Waals surface area contributed by atoms with Crippen LogP contribution in [0, 0.1) is 16.7 Å². The van der Waals surface area contributed by atoms with Crippen molar-refractivity contribution in [2.75, 3.05) is 6.54 Å². The second kappa shape index (κ2) is 6.60. The first kappa shape index (κ1) is 14.6. The number of nitrogens with zero attached hydrogens (tertiary/aromatic N) is 2. The molecule has 1 aliphatic carbocycles. The molecule has 1 aromatic heterocycles. The molecule has 0 spiro atoms. The number of hydrogen-bond acceptors (Lipinski definition) is 3. The highest BCUT2D eigenvalue weighted by atomic mass is 16.3. The standard InChI is InChI=1S/C16H22N2O2/c1-2-18(12-14-8-7-11-20-14)15(19)16(13-17)9-5-3-4-6-10-16/h7-8,11H,2-6,9-10,12H2,1H3. The van der Waals surface area contributed by atoms with Gasteiger partial charge in [0.1, 0.15) is 11.2 Å². The molecular formula is C16H22N2O2. The van der Waals surface area contributed by atoms with Gasteiger partial charge in [-0.15, -0.1) is 0 Å². The number of furan rings is 1. The lowest BCUT2D eigenvalue weighted by Gasteiger charge is -2.30. The highest BCUT2D eigenvalue weighted by Gasteiger charge is 2.41. The molecule has 0 bridgehead atoms. The topological polar surface area (TPSA) is 57.2 Å². The van der Waals surface area contributed by atoms with Crippen molar-refractivity contribution in [2.45, 2.75) is 52.0 Å². The van der Waals surface area contributed by atoms with Crippen LogP contribution < -0.4 is 0 Å². The van der Waals surface area contributed by atoms with Gasteiger partial charge in [-0.2, -0.15) is 5.26 Å². The molecule has 0 N–H and O–H groups in total. The van der Waals surface area contributed by atoms with E-state index in [4.69, 9.17) is 4.42 Å². The monoisotopic (exact) mass is 274 g/mol. The molecule has 0 saturated heterocycles. The fraction of sp³-hybridized carbons (Fsp3) is 0.625. The van der Waals surface area contributed by atoms with Crippen molar-refractivity contribution in [1.29, 1.82) is 5.26 Å².